The fourth-order valence-electron chi connectivity index (χ4n) is 8.41. The SMILES string of the molecule is C=C1C=C[C@@]2(C)C(=C1)CC[C@@H]1[C@@H]2[C@@H](O)C[C@@]2(C)[C@H]1C[C@H]1OC(C)=N[C@]12C(COC(C)=O)=NN(C)C. The van der Waals surface area contributed by atoms with E-state index < -0.39 is 11.6 Å². The minimum Gasteiger partial charge on any atom is -0.475 e. The van der Waals surface area contributed by atoms with E-state index in [4.69, 9.17) is 19.6 Å². The van der Waals surface area contributed by atoms with Crippen LogP contribution in [0.2, 0.25) is 0 Å². The quantitative estimate of drug-likeness (QED) is 0.374. The standard InChI is InChI=1S/C28H39N3O4/c1-16-10-11-26(4)19(12-16)8-9-20-21-13-24-28(29-17(2)35-24,27(21,5)14-22(33)25(20)26)23(30-31(6)7)15-34-18(3)32/h10-12,20-22,24-25,33H,1,8-9,13-15H2,2-7H3/t20-,21-,22-,24+,25+,26-,27-,28+/m0/s1. The summed E-state index contributed by atoms with van der Waals surface area (Å²) in [6.45, 7) is 12.0. The minimum absolute atomic E-state index is 0.0616. The van der Waals surface area contributed by atoms with Crippen LogP contribution < -0.4 is 0 Å². The van der Waals surface area contributed by atoms with Gasteiger partial charge in [-0.2, -0.15) is 5.10 Å². The lowest BCUT2D eigenvalue weighted by atomic mass is 9.45. The van der Waals surface area contributed by atoms with Crippen LogP contribution in [0.1, 0.15) is 53.4 Å². The molecule has 0 unspecified atom stereocenters. The van der Waals surface area contributed by atoms with Crippen LogP contribution in [0.25, 0.3) is 0 Å². The van der Waals surface area contributed by atoms with Crippen molar-refractivity contribution < 1.29 is 19.4 Å². The van der Waals surface area contributed by atoms with Gasteiger partial charge in [-0.3, -0.25) is 4.79 Å². The second-order valence-corrected chi connectivity index (χ2v) is 11.8. The summed E-state index contributed by atoms with van der Waals surface area (Å²) in [5.41, 5.74) is 1.79. The first kappa shape index (κ1) is 24.3. The number of nitrogens with zero attached hydrogens (tertiary/aromatic N) is 3. The fraction of sp³-hybridized carbons (Fsp3) is 0.679. The van der Waals surface area contributed by atoms with Crippen molar-refractivity contribution in [1.82, 2.24) is 5.01 Å². The van der Waals surface area contributed by atoms with Crippen molar-refractivity contribution in [2.24, 2.45) is 38.7 Å². The number of ether oxygens (including phenoxy) is 2. The van der Waals surface area contributed by atoms with Crippen molar-refractivity contribution in [1.29, 1.82) is 0 Å². The Labute approximate surface area is 208 Å². The first-order chi connectivity index (χ1) is 16.4. The molecule has 0 spiro atoms. The molecule has 0 aromatic carbocycles. The highest BCUT2D eigenvalue weighted by molar-refractivity contribution is 6.01. The van der Waals surface area contributed by atoms with Gasteiger partial charge < -0.3 is 19.6 Å². The average molecular weight is 482 g/mol. The van der Waals surface area contributed by atoms with Crippen molar-refractivity contribution in [3.63, 3.8) is 0 Å². The molecule has 8 atom stereocenters. The Morgan fingerprint density at radius 1 is 1.40 bits per heavy atom. The van der Waals surface area contributed by atoms with Crippen LogP contribution in [-0.4, -0.2) is 66.1 Å². The highest BCUT2D eigenvalue weighted by atomic mass is 16.5. The van der Waals surface area contributed by atoms with Gasteiger partial charge in [0.1, 0.15) is 24.0 Å². The molecule has 3 fully saturated rings. The fourth-order valence-corrected chi connectivity index (χ4v) is 8.41. The largest absolute Gasteiger partial charge is 0.475 e. The van der Waals surface area contributed by atoms with E-state index in [0.29, 0.717) is 29.9 Å². The van der Waals surface area contributed by atoms with E-state index >= 15 is 0 Å². The maximum atomic E-state index is 11.9. The molecular weight excluding hydrogens is 442 g/mol. The first-order valence-corrected chi connectivity index (χ1v) is 12.8. The molecule has 35 heavy (non-hydrogen) atoms. The van der Waals surface area contributed by atoms with Crippen LogP contribution in [0, 0.1) is 28.6 Å². The van der Waals surface area contributed by atoms with Crippen molar-refractivity contribution >= 4 is 17.6 Å². The van der Waals surface area contributed by atoms with Gasteiger partial charge in [-0.1, -0.05) is 44.2 Å². The van der Waals surface area contributed by atoms with Crippen molar-refractivity contribution in [2.45, 2.75) is 71.1 Å². The van der Waals surface area contributed by atoms with Gasteiger partial charge in [-0.05, 0) is 43.1 Å². The van der Waals surface area contributed by atoms with Crippen LogP contribution >= 0.6 is 0 Å². The predicted octanol–water partition coefficient (Wildman–Crippen LogP) is 3.90. The molecule has 0 bridgehead atoms. The number of esters is 1. The number of hydrazone groups is 1. The summed E-state index contributed by atoms with van der Waals surface area (Å²) in [6, 6.07) is 0. The van der Waals surface area contributed by atoms with Crippen LogP contribution in [0.3, 0.4) is 0 Å². The van der Waals surface area contributed by atoms with E-state index in [1.54, 1.807) is 5.01 Å². The van der Waals surface area contributed by atoms with Crippen molar-refractivity contribution in [2.75, 3.05) is 20.7 Å². The van der Waals surface area contributed by atoms with Crippen molar-refractivity contribution in [3.05, 3.63) is 36.0 Å². The van der Waals surface area contributed by atoms with E-state index in [9.17, 15) is 9.90 Å². The Hall–Kier alpha value is -2.41. The van der Waals surface area contributed by atoms with Crippen LogP contribution in [0.5, 0.6) is 0 Å². The van der Waals surface area contributed by atoms with Gasteiger partial charge in [-0.25, -0.2) is 4.99 Å². The van der Waals surface area contributed by atoms with Gasteiger partial charge in [0.2, 0.25) is 0 Å². The number of allylic oxidation sites excluding steroid dienone is 5. The Morgan fingerprint density at radius 2 is 2.14 bits per heavy atom. The topological polar surface area (TPSA) is 83.7 Å². The molecule has 1 aliphatic heterocycles. The van der Waals surface area contributed by atoms with E-state index in [0.717, 1.165) is 24.8 Å². The van der Waals surface area contributed by atoms with E-state index in [1.165, 1.54) is 12.5 Å². The lowest BCUT2D eigenvalue weighted by Gasteiger charge is -2.59. The number of aliphatic hydroxyl groups excluding tert-OH is 1. The summed E-state index contributed by atoms with van der Waals surface area (Å²) in [6.07, 6.45) is 9.40. The zero-order chi connectivity index (χ0) is 25.3. The molecule has 1 N–H and O–H groups in total. The lowest BCUT2D eigenvalue weighted by molar-refractivity contribution is -0.139. The molecule has 4 aliphatic carbocycles. The van der Waals surface area contributed by atoms with E-state index in [2.05, 4.69) is 38.7 Å². The normalized spacial score (nSPS) is 43.8. The summed E-state index contributed by atoms with van der Waals surface area (Å²) in [4.78, 5) is 16.9. The third-order valence-corrected chi connectivity index (χ3v) is 9.60. The molecule has 5 aliphatic rings. The number of fused-ring (bicyclic) bond motifs is 7. The number of aliphatic imine (C=N–C) groups is 1. The second kappa shape index (κ2) is 8.05. The lowest BCUT2D eigenvalue weighted by Crippen LogP contribution is -2.62. The third-order valence-electron chi connectivity index (χ3n) is 9.60. The third kappa shape index (κ3) is 3.37. The minimum atomic E-state index is -0.777. The monoisotopic (exact) mass is 481 g/mol. The Bertz CT molecular complexity index is 1070. The molecule has 5 rings (SSSR count). The molecule has 7 nitrogen and oxygen atoms in total. The van der Waals surface area contributed by atoms with Gasteiger partial charge in [-0.15, -0.1) is 0 Å². The predicted molar refractivity (Wildman–Crippen MR) is 136 cm³/mol. The average Bonchev–Trinajstić information content (AvgIpc) is 3.21. The Morgan fingerprint density at radius 3 is 2.83 bits per heavy atom. The number of carbonyl (C=O) groups excluding carboxylic acids is 1. The molecule has 3 saturated carbocycles. The van der Waals surface area contributed by atoms with E-state index in [1.807, 2.05) is 21.0 Å². The molecule has 0 aromatic heterocycles. The van der Waals surface area contributed by atoms with Gasteiger partial charge in [0, 0.05) is 44.7 Å². The first-order valence-electron chi connectivity index (χ1n) is 12.8. The summed E-state index contributed by atoms with van der Waals surface area (Å²) in [5, 5.41) is 18.4. The molecule has 1 heterocycles. The van der Waals surface area contributed by atoms with Gasteiger partial charge in [0.15, 0.2) is 5.90 Å². The molecule has 190 valence electrons. The Kier molecular flexibility index (Phi) is 5.59. The molecular formula is C28H39N3O4. The second-order valence-electron chi connectivity index (χ2n) is 11.8. The van der Waals surface area contributed by atoms with Gasteiger partial charge >= 0.3 is 5.97 Å². The van der Waals surface area contributed by atoms with E-state index in [-0.39, 0.29) is 35.4 Å². The van der Waals surface area contributed by atoms with Gasteiger partial charge in [0.25, 0.3) is 0 Å². The highest BCUT2D eigenvalue weighted by Gasteiger charge is 2.74. The number of hydrogen-bond donors (Lipinski definition) is 1. The van der Waals surface area contributed by atoms with Crippen LogP contribution in [0.15, 0.2) is 46.0 Å². The number of hydrogen-bond acceptors (Lipinski definition) is 7. The molecule has 0 saturated heterocycles. The maximum absolute atomic E-state index is 11.9. The van der Waals surface area contributed by atoms with Gasteiger partial charge in [0.05, 0.1) is 6.10 Å². The summed E-state index contributed by atoms with van der Waals surface area (Å²) in [5.74, 6) is 1.05. The van der Waals surface area contributed by atoms with Crippen molar-refractivity contribution in [3.8, 4) is 0 Å². The highest BCUT2D eigenvalue weighted by Crippen LogP contribution is 2.69. The zero-order valence-electron chi connectivity index (χ0n) is 21.9. The summed E-state index contributed by atoms with van der Waals surface area (Å²) < 4.78 is 11.9. The number of carbonyl (C=O) groups is 1. The zero-order valence-corrected chi connectivity index (χ0v) is 21.9. The van der Waals surface area contributed by atoms with Crippen LogP contribution in [-0.2, 0) is 14.3 Å². The smallest absolute Gasteiger partial charge is 0.303 e. The maximum Gasteiger partial charge on any atom is 0.303 e. The van der Waals surface area contributed by atoms with Crippen LogP contribution in [0.4, 0.5) is 0 Å². The summed E-state index contributed by atoms with van der Waals surface area (Å²) in [7, 11) is 3.73. The molecule has 7 heteroatoms. The molecule has 0 amide bonds. The molecule has 0 radical (unpaired) electrons. The number of rotatable bonds is 4. The number of aliphatic hydroxyl groups is 1. The molecule has 0 aromatic rings. The Balaban J connectivity index is 1.60. The summed E-state index contributed by atoms with van der Waals surface area (Å²) >= 11 is 0.